The SMILES string of the molecule is CC/C=C\C/C=C\C/C=C\CCCCCCCC(=O)OCC(C)CO[C@@H]1O[C@H](CO)[C@H](O)[C@H](O)[C@H]1O. The van der Waals surface area contributed by atoms with Gasteiger partial charge in [-0.3, -0.25) is 4.79 Å². The van der Waals surface area contributed by atoms with Gasteiger partial charge in [-0.1, -0.05) is 69.6 Å². The first-order valence-electron chi connectivity index (χ1n) is 13.4. The first-order chi connectivity index (χ1) is 17.4. The summed E-state index contributed by atoms with van der Waals surface area (Å²) < 4.78 is 16.1. The quantitative estimate of drug-likeness (QED) is 0.118. The minimum absolute atomic E-state index is 0.122. The maximum atomic E-state index is 12.0. The second-order valence-electron chi connectivity index (χ2n) is 9.42. The molecule has 8 nitrogen and oxygen atoms in total. The van der Waals surface area contributed by atoms with Crippen LogP contribution in [0.1, 0.15) is 78.1 Å². The highest BCUT2D eigenvalue weighted by atomic mass is 16.7. The number of hydrogen-bond acceptors (Lipinski definition) is 8. The summed E-state index contributed by atoms with van der Waals surface area (Å²) in [6.45, 7) is 3.75. The molecule has 0 aromatic carbocycles. The lowest BCUT2D eigenvalue weighted by Crippen LogP contribution is -2.59. The summed E-state index contributed by atoms with van der Waals surface area (Å²) in [5, 5.41) is 38.8. The maximum absolute atomic E-state index is 12.0. The van der Waals surface area contributed by atoms with Crippen molar-refractivity contribution >= 4 is 5.97 Å². The van der Waals surface area contributed by atoms with E-state index < -0.39 is 37.3 Å². The Kier molecular flexibility index (Phi) is 18.5. The second-order valence-corrected chi connectivity index (χ2v) is 9.42. The monoisotopic (exact) mass is 512 g/mol. The van der Waals surface area contributed by atoms with Gasteiger partial charge in [-0.15, -0.1) is 0 Å². The highest BCUT2D eigenvalue weighted by molar-refractivity contribution is 5.69. The normalized spacial score (nSPS) is 25.8. The second kappa shape index (κ2) is 20.5. The zero-order chi connectivity index (χ0) is 26.6. The van der Waals surface area contributed by atoms with Gasteiger partial charge in [-0.05, 0) is 38.5 Å². The smallest absolute Gasteiger partial charge is 0.305 e. The van der Waals surface area contributed by atoms with E-state index in [2.05, 4.69) is 43.4 Å². The fraction of sp³-hybridized carbons (Fsp3) is 0.750. The average Bonchev–Trinajstić information content (AvgIpc) is 2.88. The van der Waals surface area contributed by atoms with Crippen molar-refractivity contribution in [1.29, 1.82) is 0 Å². The molecule has 0 aromatic heterocycles. The average molecular weight is 513 g/mol. The topological polar surface area (TPSA) is 126 Å². The number of unbranched alkanes of at least 4 members (excludes halogenated alkanes) is 5. The molecule has 0 aromatic rings. The lowest BCUT2D eigenvalue weighted by molar-refractivity contribution is -0.303. The number of allylic oxidation sites excluding steroid dienone is 6. The number of aliphatic hydroxyl groups is 4. The third-order valence-corrected chi connectivity index (χ3v) is 5.95. The van der Waals surface area contributed by atoms with Gasteiger partial charge in [0.1, 0.15) is 24.4 Å². The Morgan fingerprint density at radius 3 is 2.19 bits per heavy atom. The van der Waals surface area contributed by atoms with Crippen LogP contribution in [-0.2, 0) is 19.0 Å². The molecule has 0 aliphatic carbocycles. The lowest BCUT2D eigenvalue weighted by Gasteiger charge is -2.39. The highest BCUT2D eigenvalue weighted by Gasteiger charge is 2.44. The van der Waals surface area contributed by atoms with E-state index in [1.165, 1.54) is 0 Å². The van der Waals surface area contributed by atoms with Crippen molar-refractivity contribution in [3.63, 3.8) is 0 Å². The summed E-state index contributed by atoms with van der Waals surface area (Å²) in [5.41, 5.74) is 0. The van der Waals surface area contributed by atoms with Crippen molar-refractivity contribution in [2.75, 3.05) is 19.8 Å². The summed E-state index contributed by atoms with van der Waals surface area (Å²) >= 11 is 0. The molecule has 0 amide bonds. The molecule has 0 spiro atoms. The van der Waals surface area contributed by atoms with Crippen molar-refractivity contribution in [3.05, 3.63) is 36.5 Å². The molecule has 1 aliphatic rings. The molecule has 6 atom stereocenters. The van der Waals surface area contributed by atoms with E-state index in [0.29, 0.717) is 6.42 Å². The molecule has 1 unspecified atom stereocenters. The van der Waals surface area contributed by atoms with Gasteiger partial charge in [0.2, 0.25) is 0 Å². The van der Waals surface area contributed by atoms with Gasteiger partial charge in [0.25, 0.3) is 0 Å². The van der Waals surface area contributed by atoms with E-state index >= 15 is 0 Å². The molecule has 208 valence electrons. The molecule has 4 N–H and O–H groups in total. The lowest BCUT2D eigenvalue weighted by atomic mass is 9.99. The standard InChI is InChI=1S/C28H48O8/c1-3-4-5-6-7-8-9-10-11-12-13-14-15-16-17-18-24(30)34-20-22(2)21-35-28-27(33)26(32)25(31)23(19-29)36-28/h4-5,7-8,10-11,22-23,25-29,31-33H,3,6,9,12-21H2,1-2H3/b5-4-,8-7-,11-10-/t22?,23-,25+,26+,27-,28-/m1/s1. The summed E-state index contributed by atoms with van der Waals surface area (Å²) in [5.74, 6) is -0.390. The highest BCUT2D eigenvalue weighted by Crippen LogP contribution is 2.22. The predicted molar refractivity (Wildman–Crippen MR) is 139 cm³/mol. The van der Waals surface area contributed by atoms with Gasteiger partial charge in [0, 0.05) is 12.3 Å². The van der Waals surface area contributed by atoms with Crippen molar-refractivity contribution in [3.8, 4) is 0 Å². The van der Waals surface area contributed by atoms with Crippen LogP contribution in [0.15, 0.2) is 36.5 Å². The molecule has 0 radical (unpaired) electrons. The van der Waals surface area contributed by atoms with Crippen LogP contribution in [0.5, 0.6) is 0 Å². The molecule has 1 rings (SSSR count). The third-order valence-electron chi connectivity index (χ3n) is 5.95. The van der Waals surface area contributed by atoms with Gasteiger partial charge >= 0.3 is 5.97 Å². The number of hydrogen-bond donors (Lipinski definition) is 4. The molecule has 1 heterocycles. The molecule has 0 saturated carbocycles. The third kappa shape index (κ3) is 14.3. The van der Waals surface area contributed by atoms with Crippen molar-refractivity contribution in [2.45, 2.75) is 109 Å². The van der Waals surface area contributed by atoms with E-state index in [1.54, 1.807) is 0 Å². The summed E-state index contributed by atoms with van der Waals surface area (Å²) in [6, 6.07) is 0. The zero-order valence-corrected chi connectivity index (χ0v) is 22.0. The molecule has 1 fully saturated rings. The van der Waals surface area contributed by atoms with Crippen LogP contribution in [0.25, 0.3) is 0 Å². The van der Waals surface area contributed by atoms with Crippen LogP contribution in [0.3, 0.4) is 0 Å². The molecule has 36 heavy (non-hydrogen) atoms. The van der Waals surface area contributed by atoms with Crippen molar-refractivity contribution in [2.24, 2.45) is 5.92 Å². The molecular weight excluding hydrogens is 464 g/mol. The van der Waals surface area contributed by atoms with Crippen LogP contribution in [0.4, 0.5) is 0 Å². The molecule has 1 aliphatic heterocycles. The Morgan fingerprint density at radius 1 is 0.861 bits per heavy atom. The number of carbonyl (C=O) groups excluding carboxylic acids is 1. The van der Waals surface area contributed by atoms with E-state index in [9.17, 15) is 25.2 Å². The minimum atomic E-state index is -1.48. The van der Waals surface area contributed by atoms with Crippen molar-refractivity contribution < 1.29 is 39.4 Å². The number of aliphatic hydroxyl groups excluding tert-OH is 4. The van der Waals surface area contributed by atoms with Crippen LogP contribution in [0.2, 0.25) is 0 Å². The Labute approximate surface area is 216 Å². The van der Waals surface area contributed by atoms with Crippen LogP contribution in [-0.4, -0.2) is 76.9 Å². The fourth-order valence-electron chi connectivity index (χ4n) is 3.71. The van der Waals surface area contributed by atoms with Gasteiger partial charge < -0.3 is 34.6 Å². The fourth-order valence-corrected chi connectivity index (χ4v) is 3.71. The molecule has 0 bridgehead atoms. The van der Waals surface area contributed by atoms with Crippen molar-refractivity contribution in [1.82, 2.24) is 0 Å². The largest absolute Gasteiger partial charge is 0.465 e. The van der Waals surface area contributed by atoms with Gasteiger partial charge in [0.15, 0.2) is 6.29 Å². The molecule has 1 saturated heterocycles. The van der Waals surface area contributed by atoms with Crippen LogP contribution >= 0.6 is 0 Å². The Hall–Kier alpha value is -1.55. The zero-order valence-electron chi connectivity index (χ0n) is 22.0. The van der Waals surface area contributed by atoms with E-state index in [0.717, 1.165) is 57.8 Å². The molecular formula is C28H48O8. The first kappa shape index (κ1) is 32.5. The number of carbonyl (C=O) groups is 1. The van der Waals surface area contributed by atoms with Crippen LogP contribution in [0, 0.1) is 5.92 Å². The minimum Gasteiger partial charge on any atom is -0.465 e. The Balaban J connectivity index is 2.02. The summed E-state index contributed by atoms with van der Waals surface area (Å²) in [6.07, 6.45) is 16.5. The van der Waals surface area contributed by atoms with Gasteiger partial charge in [-0.2, -0.15) is 0 Å². The molecule has 8 heteroatoms. The number of esters is 1. The van der Waals surface area contributed by atoms with Gasteiger partial charge in [-0.25, -0.2) is 0 Å². The maximum Gasteiger partial charge on any atom is 0.305 e. The Bertz CT molecular complexity index is 645. The van der Waals surface area contributed by atoms with E-state index in [4.69, 9.17) is 14.2 Å². The summed E-state index contributed by atoms with van der Waals surface area (Å²) in [4.78, 5) is 12.0. The first-order valence-corrected chi connectivity index (χ1v) is 13.4. The van der Waals surface area contributed by atoms with E-state index in [-0.39, 0.29) is 25.1 Å². The van der Waals surface area contributed by atoms with Gasteiger partial charge in [0.05, 0.1) is 19.8 Å². The Morgan fingerprint density at radius 2 is 1.50 bits per heavy atom. The van der Waals surface area contributed by atoms with E-state index in [1.807, 2.05) is 6.92 Å². The summed E-state index contributed by atoms with van der Waals surface area (Å²) in [7, 11) is 0. The number of ether oxygens (including phenoxy) is 3. The van der Waals surface area contributed by atoms with Crippen LogP contribution < -0.4 is 0 Å². The predicted octanol–water partition coefficient (Wildman–Crippen LogP) is 3.57. The number of rotatable bonds is 19.